The number of nitrogens with zero attached hydrogens (tertiary/aromatic N) is 1. The van der Waals surface area contributed by atoms with Gasteiger partial charge in [-0.05, 0) is 137 Å². The Morgan fingerprint density at radius 2 is 1.20 bits per heavy atom. The summed E-state index contributed by atoms with van der Waals surface area (Å²) in [5.74, 6) is 0. The molecule has 12 rings (SSSR count). The molecule has 2 aliphatic rings. The first-order valence-electron chi connectivity index (χ1n) is 21.4. The highest BCUT2D eigenvalue weighted by Crippen LogP contribution is 2.52. The van der Waals surface area contributed by atoms with Crippen LogP contribution in [0.25, 0.3) is 77.2 Å². The van der Waals surface area contributed by atoms with Crippen LogP contribution in [0.3, 0.4) is 0 Å². The molecule has 4 heterocycles. The summed E-state index contributed by atoms with van der Waals surface area (Å²) in [7, 11) is 2.40. The van der Waals surface area contributed by atoms with Gasteiger partial charge in [-0.2, -0.15) is 0 Å². The number of benzene rings is 7. The summed E-state index contributed by atoms with van der Waals surface area (Å²) >= 11 is 0. The van der Waals surface area contributed by atoms with Crippen LogP contribution >= 0.6 is 0 Å². The molecule has 10 aromatic rings. The van der Waals surface area contributed by atoms with E-state index in [2.05, 4.69) is 175 Å². The number of fused-ring (bicyclic) bond motifs is 12. The van der Waals surface area contributed by atoms with Crippen molar-refractivity contribution in [3.05, 3.63) is 149 Å². The van der Waals surface area contributed by atoms with Crippen molar-refractivity contribution in [3.63, 3.8) is 0 Å². The van der Waals surface area contributed by atoms with E-state index in [0.717, 1.165) is 83.7 Å². The third kappa shape index (κ3) is 4.92. The largest absolute Gasteiger partial charge is 0.454 e. The second-order valence-corrected chi connectivity index (χ2v) is 18.8. The van der Waals surface area contributed by atoms with E-state index in [1.54, 1.807) is 0 Å². The molecule has 4 nitrogen and oxygen atoms in total. The lowest BCUT2D eigenvalue weighted by atomic mass is 9.57. The number of aromatic amines is 1. The summed E-state index contributed by atoms with van der Waals surface area (Å²) in [5.41, 5.74) is 23.0. The van der Waals surface area contributed by atoms with Gasteiger partial charge in [-0.25, -0.2) is 0 Å². The minimum atomic E-state index is 0.0296. The standard InChI is InChI=1S/C55H46BN2O2/c1-30-14-12-15-31(2)47(30)33-27-39(35-18-13-19-38-49(35)57-50-37-17-9-11-21-46(37)59-52(38)50)48-44(28-33)58(43-29-41-40(26-32(43)3)54(4,5)24-25-55(41,6)7)51-42(56-48)23-22-36-34-16-8-10-20-45(34)60-53(36)51/h8-23,26-29,57H,24-25H2,1-7H3. The van der Waals surface area contributed by atoms with Crippen LogP contribution in [0.1, 0.15) is 68.4 Å². The quantitative estimate of drug-likeness (QED) is 0.182. The van der Waals surface area contributed by atoms with Gasteiger partial charge in [-0.3, -0.25) is 0 Å². The van der Waals surface area contributed by atoms with Crippen molar-refractivity contribution >= 4 is 90.2 Å². The summed E-state index contributed by atoms with van der Waals surface area (Å²) in [6.07, 6.45) is 2.31. The molecule has 0 atom stereocenters. The Morgan fingerprint density at radius 3 is 1.97 bits per heavy atom. The Hall–Kier alpha value is -6.46. The maximum absolute atomic E-state index is 6.95. The van der Waals surface area contributed by atoms with Crippen molar-refractivity contribution in [3.8, 4) is 22.3 Å². The molecule has 0 fully saturated rings. The maximum atomic E-state index is 6.95. The van der Waals surface area contributed by atoms with Crippen molar-refractivity contribution in [1.29, 1.82) is 0 Å². The van der Waals surface area contributed by atoms with Crippen LogP contribution in [0.2, 0.25) is 0 Å². The first-order chi connectivity index (χ1) is 29.0. The Balaban J connectivity index is 1.21. The van der Waals surface area contributed by atoms with Gasteiger partial charge >= 0.3 is 0 Å². The highest BCUT2D eigenvalue weighted by atomic mass is 16.3. The molecule has 0 unspecified atom stereocenters. The minimum absolute atomic E-state index is 0.0296. The molecular formula is C55H46BN2O2. The zero-order valence-corrected chi connectivity index (χ0v) is 35.3. The van der Waals surface area contributed by atoms with Crippen molar-refractivity contribution < 1.29 is 8.83 Å². The van der Waals surface area contributed by atoms with E-state index in [9.17, 15) is 0 Å². The highest BCUT2D eigenvalue weighted by molar-refractivity contribution is 6.74. The van der Waals surface area contributed by atoms with E-state index in [1.165, 1.54) is 62.1 Å². The van der Waals surface area contributed by atoms with Crippen LogP contribution in [0.4, 0.5) is 17.1 Å². The van der Waals surface area contributed by atoms with Gasteiger partial charge in [-0.1, -0.05) is 112 Å². The minimum Gasteiger partial charge on any atom is -0.454 e. The number of anilines is 3. The zero-order valence-electron chi connectivity index (χ0n) is 35.3. The smallest absolute Gasteiger partial charge is 0.198 e. The predicted molar refractivity (Wildman–Crippen MR) is 253 cm³/mol. The number of para-hydroxylation sites is 3. The summed E-state index contributed by atoms with van der Waals surface area (Å²) in [5, 5.41) is 4.43. The van der Waals surface area contributed by atoms with Crippen molar-refractivity contribution in [1.82, 2.24) is 4.98 Å². The second-order valence-electron chi connectivity index (χ2n) is 18.8. The topological polar surface area (TPSA) is 45.3 Å². The van der Waals surface area contributed by atoms with E-state index in [0.29, 0.717) is 0 Å². The van der Waals surface area contributed by atoms with Crippen molar-refractivity contribution in [2.45, 2.75) is 72.1 Å². The predicted octanol–water partition coefficient (Wildman–Crippen LogP) is 14.0. The van der Waals surface area contributed by atoms with Crippen molar-refractivity contribution in [2.24, 2.45) is 0 Å². The number of aromatic nitrogens is 1. The maximum Gasteiger partial charge on any atom is 0.198 e. The lowest BCUT2D eigenvalue weighted by Crippen LogP contribution is -2.41. The van der Waals surface area contributed by atoms with Gasteiger partial charge in [0.15, 0.2) is 18.4 Å². The Bertz CT molecular complexity index is 3440. The zero-order chi connectivity index (χ0) is 40.8. The van der Waals surface area contributed by atoms with Crippen LogP contribution in [0.5, 0.6) is 0 Å². The summed E-state index contributed by atoms with van der Waals surface area (Å²) in [4.78, 5) is 6.43. The molecule has 1 aliphatic carbocycles. The van der Waals surface area contributed by atoms with Crippen LogP contribution in [-0.4, -0.2) is 12.3 Å². The summed E-state index contributed by atoms with van der Waals surface area (Å²) < 4.78 is 13.5. The van der Waals surface area contributed by atoms with Crippen LogP contribution in [0, 0.1) is 20.8 Å². The normalized spacial score (nSPS) is 15.5. The van der Waals surface area contributed by atoms with E-state index in [4.69, 9.17) is 8.83 Å². The molecule has 5 heteroatoms. The molecule has 7 aromatic carbocycles. The fourth-order valence-corrected chi connectivity index (χ4v) is 10.8. The fraction of sp³-hybridized carbons (Fsp3) is 0.200. The number of furan rings is 2. The number of aryl methyl sites for hydroxylation is 3. The molecule has 0 amide bonds. The molecular weight excluding hydrogens is 731 g/mol. The van der Waals surface area contributed by atoms with Crippen molar-refractivity contribution in [2.75, 3.05) is 4.90 Å². The second kappa shape index (κ2) is 12.3. The first kappa shape index (κ1) is 35.5. The number of hydrogen-bond donors (Lipinski definition) is 1. The molecule has 3 aromatic heterocycles. The Morgan fingerprint density at radius 1 is 0.550 bits per heavy atom. The molecule has 1 N–H and O–H groups in total. The number of H-pyrrole nitrogens is 1. The number of rotatable bonds is 3. The molecule has 60 heavy (non-hydrogen) atoms. The number of nitrogens with one attached hydrogen (secondary N) is 1. The lowest BCUT2D eigenvalue weighted by Gasteiger charge is -2.43. The fourth-order valence-electron chi connectivity index (χ4n) is 10.8. The highest BCUT2D eigenvalue weighted by Gasteiger charge is 2.40. The molecule has 291 valence electrons. The van der Waals surface area contributed by atoms with Gasteiger partial charge in [0.25, 0.3) is 0 Å². The Kier molecular flexibility index (Phi) is 7.27. The molecule has 0 spiro atoms. The molecule has 0 bridgehead atoms. The Labute approximate surface area is 351 Å². The summed E-state index contributed by atoms with van der Waals surface area (Å²) in [6.45, 7) is 16.5. The summed E-state index contributed by atoms with van der Waals surface area (Å²) in [6, 6.07) is 44.5. The molecule has 1 aliphatic heterocycles. The average Bonchev–Trinajstić information content (AvgIpc) is 3.92. The van der Waals surface area contributed by atoms with Crippen LogP contribution in [0.15, 0.2) is 130 Å². The third-order valence-electron chi connectivity index (χ3n) is 14.1. The average molecular weight is 778 g/mol. The van der Waals surface area contributed by atoms with E-state index >= 15 is 0 Å². The van der Waals surface area contributed by atoms with E-state index < -0.39 is 0 Å². The van der Waals surface area contributed by atoms with Crippen LogP contribution < -0.4 is 15.8 Å². The molecule has 0 saturated heterocycles. The first-order valence-corrected chi connectivity index (χ1v) is 21.4. The molecule has 1 radical (unpaired) electrons. The van der Waals surface area contributed by atoms with Gasteiger partial charge in [0, 0.05) is 38.5 Å². The molecule has 0 saturated carbocycles. The van der Waals surface area contributed by atoms with Gasteiger partial charge in [0.2, 0.25) is 0 Å². The van der Waals surface area contributed by atoms with E-state index in [1.807, 2.05) is 12.1 Å². The SMILES string of the molecule is Cc1cc2c(cc1N1c3cc(-c4c(C)cccc4C)cc(-c4cccc5c4[nH]c4c6ccccc6oc54)c3[B]c3ccc4c(oc5ccccc54)c31)C(C)(C)CCC2(C)C. The van der Waals surface area contributed by atoms with E-state index in [-0.39, 0.29) is 10.8 Å². The van der Waals surface area contributed by atoms with Crippen LogP contribution in [-0.2, 0) is 10.8 Å². The van der Waals surface area contributed by atoms with Gasteiger partial charge < -0.3 is 18.7 Å². The van der Waals surface area contributed by atoms with Gasteiger partial charge in [0.05, 0.1) is 16.7 Å². The monoisotopic (exact) mass is 777 g/mol. The van der Waals surface area contributed by atoms with Gasteiger partial charge in [0.1, 0.15) is 11.2 Å². The van der Waals surface area contributed by atoms with Gasteiger partial charge in [-0.15, -0.1) is 0 Å². The lowest BCUT2D eigenvalue weighted by molar-refractivity contribution is 0.332. The number of hydrogen-bond acceptors (Lipinski definition) is 3. The third-order valence-corrected chi connectivity index (χ3v) is 14.1.